The van der Waals surface area contributed by atoms with Crippen molar-refractivity contribution in [1.29, 1.82) is 0 Å². The Bertz CT molecular complexity index is 1480. The smallest absolute Gasteiger partial charge is 0.342 e. The van der Waals surface area contributed by atoms with Crippen molar-refractivity contribution in [2.75, 3.05) is 10.9 Å². The molecule has 0 spiro atoms. The van der Waals surface area contributed by atoms with Crippen molar-refractivity contribution in [2.24, 2.45) is 0 Å². The Labute approximate surface area is 201 Å². The zero-order valence-corrected chi connectivity index (χ0v) is 19.9. The molecule has 3 aromatic carbocycles. The van der Waals surface area contributed by atoms with Gasteiger partial charge in [-0.2, -0.15) is 4.31 Å². The summed E-state index contributed by atoms with van der Waals surface area (Å²) in [5.74, 6) is -1.03. The van der Waals surface area contributed by atoms with E-state index in [0.717, 1.165) is 0 Å². The van der Waals surface area contributed by atoms with E-state index in [1.54, 1.807) is 32.0 Å². The third kappa shape index (κ3) is 4.30. The number of carbonyl (C=O) groups is 2. The first-order valence-electron chi connectivity index (χ1n) is 10.3. The molecule has 0 aliphatic carbocycles. The van der Waals surface area contributed by atoms with Crippen LogP contribution in [0.3, 0.4) is 0 Å². The van der Waals surface area contributed by atoms with Crippen LogP contribution < -0.4 is 4.31 Å². The number of esters is 1. The maximum Gasteiger partial charge on any atom is 0.342 e. The number of anilines is 1. The standard InChI is InChI=1S/C25H20ClNO6S/c1-3-32-25(29)23-16(2)33-22-14-11-19(15-21(22)23)27(24(28)17-7-5-4-6-8-17)34(30,31)20-12-9-18(26)10-13-20/h4-15H,3H2,1-2H3. The highest BCUT2D eigenvalue weighted by molar-refractivity contribution is 7.93. The minimum Gasteiger partial charge on any atom is -0.462 e. The number of hydrogen-bond acceptors (Lipinski definition) is 6. The van der Waals surface area contributed by atoms with E-state index < -0.39 is 21.9 Å². The number of furan rings is 1. The Morgan fingerprint density at radius 1 is 1.00 bits per heavy atom. The van der Waals surface area contributed by atoms with E-state index in [1.165, 1.54) is 54.6 Å². The van der Waals surface area contributed by atoms with Gasteiger partial charge in [0.1, 0.15) is 16.9 Å². The summed E-state index contributed by atoms with van der Waals surface area (Å²) >= 11 is 5.93. The minimum atomic E-state index is -4.35. The van der Waals surface area contributed by atoms with Gasteiger partial charge in [-0.05, 0) is 68.4 Å². The number of sulfonamides is 1. The van der Waals surface area contributed by atoms with Gasteiger partial charge in [-0.1, -0.05) is 29.8 Å². The van der Waals surface area contributed by atoms with E-state index in [0.29, 0.717) is 26.1 Å². The molecule has 0 unspecified atom stereocenters. The Hall–Kier alpha value is -3.62. The van der Waals surface area contributed by atoms with E-state index in [4.69, 9.17) is 20.8 Å². The maximum absolute atomic E-state index is 13.7. The summed E-state index contributed by atoms with van der Waals surface area (Å²) in [5.41, 5.74) is 0.756. The minimum absolute atomic E-state index is 0.0441. The van der Waals surface area contributed by atoms with E-state index in [2.05, 4.69) is 0 Å². The van der Waals surface area contributed by atoms with Crippen LogP contribution in [-0.4, -0.2) is 26.9 Å². The van der Waals surface area contributed by atoms with Gasteiger partial charge in [-0.25, -0.2) is 13.2 Å². The molecular formula is C25H20ClNO6S. The summed E-state index contributed by atoms with van der Waals surface area (Å²) in [5, 5.41) is 0.694. The topological polar surface area (TPSA) is 93.9 Å². The SMILES string of the molecule is CCOC(=O)c1c(C)oc2ccc(N(C(=O)c3ccccc3)S(=O)(=O)c3ccc(Cl)cc3)cc12. The highest BCUT2D eigenvalue weighted by Crippen LogP contribution is 2.33. The molecule has 0 N–H and O–H groups in total. The second-order valence-corrected chi connectivity index (χ2v) is 9.55. The number of benzene rings is 3. The number of aryl methyl sites for hydroxylation is 1. The second-order valence-electron chi connectivity index (χ2n) is 7.33. The average molecular weight is 498 g/mol. The summed E-state index contributed by atoms with van der Waals surface area (Å²) in [6.45, 7) is 3.46. The molecular weight excluding hydrogens is 478 g/mol. The lowest BCUT2D eigenvalue weighted by Crippen LogP contribution is -2.37. The lowest BCUT2D eigenvalue weighted by atomic mass is 10.1. The molecule has 7 nitrogen and oxygen atoms in total. The van der Waals surface area contributed by atoms with Gasteiger partial charge >= 0.3 is 5.97 Å². The van der Waals surface area contributed by atoms with Crippen molar-refractivity contribution in [2.45, 2.75) is 18.7 Å². The number of carbonyl (C=O) groups excluding carboxylic acids is 2. The van der Waals surface area contributed by atoms with Crippen LogP contribution in [0.4, 0.5) is 5.69 Å². The first-order valence-corrected chi connectivity index (χ1v) is 12.2. The van der Waals surface area contributed by atoms with Gasteiger partial charge in [-0.15, -0.1) is 0 Å². The Balaban J connectivity index is 1.93. The number of ether oxygens (including phenoxy) is 1. The highest BCUT2D eigenvalue weighted by atomic mass is 35.5. The number of nitrogens with zero attached hydrogens (tertiary/aromatic N) is 1. The van der Waals surface area contributed by atoms with Crippen molar-refractivity contribution in [3.05, 3.63) is 94.7 Å². The third-order valence-corrected chi connectivity index (χ3v) is 7.10. The predicted octanol–water partition coefficient (Wildman–Crippen LogP) is 5.61. The molecule has 0 aliphatic rings. The van der Waals surface area contributed by atoms with Crippen molar-refractivity contribution in [1.82, 2.24) is 0 Å². The molecule has 0 atom stereocenters. The largest absolute Gasteiger partial charge is 0.462 e. The van der Waals surface area contributed by atoms with Gasteiger partial charge < -0.3 is 9.15 Å². The number of rotatable bonds is 6. The molecule has 1 heterocycles. The van der Waals surface area contributed by atoms with E-state index >= 15 is 0 Å². The highest BCUT2D eigenvalue weighted by Gasteiger charge is 2.33. The maximum atomic E-state index is 13.7. The number of hydrogen-bond donors (Lipinski definition) is 0. The average Bonchev–Trinajstić information content (AvgIpc) is 3.15. The Morgan fingerprint density at radius 3 is 2.32 bits per heavy atom. The fourth-order valence-corrected chi connectivity index (χ4v) is 5.10. The summed E-state index contributed by atoms with van der Waals surface area (Å²) in [4.78, 5) is 25.9. The number of amides is 1. The monoisotopic (exact) mass is 497 g/mol. The molecule has 1 aromatic heterocycles. The molecule has 9 heteroatoms. The summed E-state index contributed by atoms with van der Waals surface area (Å²) in [6, 6.07) is 18.0. The van der Waals surface area contributed by atoms with Gasteiger partial charge in [-0.3, -0.25) is 4.79 Å². The van der Waals surface area contributed by atoms with Crippen molar-refractivity contribution >= 4 is 50.2 Å². The molecule has 0 aliphatic heterocycles. The van der Waals surface area contributed by atoms with Gasteiger partial charge in [0, 0.05) is 16.0 Å². The quantitative estimate of drug-likeness (QED) is 0.321. The fourth-order valence-electron chi connectivity index (χ4n) is 3.57. The molecule has 4 rings (SSSR count). The van der Waals surface area contributed by atoms with E-state index in [1.807, 2.05) is 0 Å². The van der Waals surface area contributed by atoms with Crippen LogP contribution in [0.2, 0.25) is 5.02 Å². The van der Waals surface area contributed by atoms with E-state index in [-0.39, 0.29) is 28.3 Å². The third-order valence-electron chi connectivity index (χ3n) is 5.12. The Morgan fingerprint density at radius 2 is 1.68 bits per heavy atom. The van der Waals surface area contributed by atoms with Crippen LogP contribution in [0, 0.1) is 6.92 Å². The molecule has 174 valence electrons. The van der Waals surface area contributed by atoms with Gasteiger partial charge in [0.25, 0.3) is 15.9 Å². The molecule has 0 saturated carbocycles. The summed E-state index contributed by atoms with van der Waals surface area (Å²) < 4.78 is 38.8. The van der Waals surface area contributed by atoms with Crippen LogP contribution in [0.25, 0.3) is 11.0 Å². The molecule has 34 heavy (non-hydrogen) atoms. The number of halogens is 1. The molecule has 4 aromatic rings. The van der Waals surface area contributed by atoms with Crippen molar-refractivity contribution in [3.8, 4) is 0 Å². The molecule has 1 amide bonds. The fraction of sp³-hybridized carbons (Fsp3) is 0.120. The molecule has 0 fully saturated rings. The molecule has 0 saturated heterocycles. The number of fused-ring (bicyclic) bond motifs is 1. The predicted molar refractivity (Wildman–Crippen MR) is 129 cm³/mol. The lowest BCUT2D eigenvalue weighted by molar-refractivity contribution is 0.0526. The van der Waals surface area contributed by atoms with Crippen LogP contribution in [-0.2, 0) is 14.8 Å². The van der Waals surface area contributed by atoms with Crippen LogP contribution in [0.1, 0.15) is 33.4 Å². The second kappa shape index (κ2) is 9.32. The first-order chi connectivity index (χ1) is 16.2. The zero-order chi connectivity index (χ0) is 24.5. The van der Waals surface area contributed by atoms with Crippen molar-refractivity contribution < 1.29 is 27.2 Å². The normalized spacial score (nSPS) is 11.4. The summed E-state index contributed by atoms with van der Waals surface area (Å²) in [7, 11) is -4.35. The van der Waals surface area contributed by atoms with E-state index in [9.17, 15) is 18.0 Å². The van der Waals surface area contributed by atoms with Crippen LogP contribution >= 0.6 is 11.6 Å². The molecule has 0 bridgehead atoms. The van der Waals surface area contributed by atoms with Crippen LogP contribution in [0.15, 0.2) is 82.1 Å². The van der Waals surface area contributed by atoms with Crippen molar-refractivity contribution in [3.63, 3.8) is 0 Å². The first kappa shape index (κ1) is 23.5. The molecule has 0 radical (unpaired) electrons. The van der Waals surface area contributed by atoms with Crippen LogP contribution in [0.5, 0.6) is 0 Å². The van der Waals surface area contributed by atoms with Gasteiger partial charge in [0.05, 0.1) is 17.2 Å². The Kier molecular flexibility index (Phi) is 6.45. The van der Waals surface area contributed by atoms with Gasteiger partial charge in [0.2, 0.25) is 0 Å². The van der Waals surface area contributed by atoms with Gasteiger partial charge in [0.15, 0.2) is 0 Å². The zero-order valence-electron chi connectivity index (χ0n) is 18.3. The summed E-state index contributed by atoms with van der Waals surface area (Å²) in [6.07, 6.45) is 0. The lowest BCUT2D eigenvalue weighted by Gasteiger charge is -2.23.